The summed E-state index contributed by atoms with van der Waals surface area (Å²) in [5, 5.41) is 39.6. The van der Waals surface area contributed by atoms with Crippen LogP contribution in [0.1, 0.15) is 232 Å². The Bertz CT molecular complexity index is 1080. The number of aliphatic hydroxyl groups excluding tert-OH is 4. The molecule has 0 amide bonds. The third kappa shape index (κ3) is 32.2. The molecule has 0 saturated carbocycles. The first-order chi connectivity index (χ1) is 29.5. The zero-order valence-corrected chi connectivity index (χ0v) is 39.5. The maximum absolute atomic E-state index is 12.8. The van der Waals surface area contributed by atoms with Gasteiger partial charge in [-0.1, -0.05) is 206 Å². The van der Waals surface area contributed by atoms with Gasteiger partial charge in [-0.15, -0.1) is 0 Å². The lowest BCUT2D eigenvalue weighted by Gasteiger charge is -2.39. The second-order valence-electron chi connectivity index (χ2n) is 17.5. The van der Waals surface area contributed by atoms with Gasteiger partial charge >= 0.3 is 19.8 Å². The predicted molar refractivity (Wildman–Crippen MR) is 240 cm³/mol. The summed E-state index contributed by atoms with van der Waals surface area (Å²) in [4.78, 5) is 35.8. The monoisotopic (exact) mass is 895 g/mol. The number of esters is 2. The smallest absolute Gasteiger partial charge is 0.462 e. The van der Waals surface area contributed by atoms with Crippen LogP contribution in [-0.2, 0) is 37.4 Å². The normalized spacial score (nSPS) is 20.7. The highest BCUT2D eigenvalue weighted by Gasteiger charge is 2.47. The Morgan fingerprint density at radius 2 is 0.885 bits per heavy atom. The molecule has 7 atom stereocenters. The van der Waals surface area contributed by atoms with Gasteiger partial charge < -0.3 is 39.5 Å². The maximum atomic E-state index is 12.8. The minimum absolute atomic E-state index is 0.125. The topological polar surface area (TPSA) is 199 Å². The second-order valence-corrected chi connectivity index (χ2v) is 18.9. The Labute approximate surface area is 370 Å². The van der Waals surface area contributed by atoms with Crippen LogP contribution >= 0.6 is 7.82 Å². The number of ether oxygens (including phenoxy) is 3. The van der Waals surface area contributed by atoms with E-state index in [-0.39, 0.29) is 12.8 Å². The van der Waals surface area contributed by atoms with E-state index < -0.39 is 76.4 Å². The molecular weight excluding hydrogens is 803 g/mol. The summed E-state index contributed by atoms with van der Waals surface area (Å²) in [6.45, 7) is 2.66. The first-order valence-corrected chi connectivity index (χ1v) is 26.4. The third-order valence-corrected chi connectivity index (χ3v) is 12.7. The number of carbonyl (C=O) groups is 2. The van der Waals surface area contributed by atoms with Gasteiger partial charge in [-0.3, -0.25) is 18.6 Å². The van der Waals surface area contributed by atoms with Crippen LogP contribution in [0.5, 0.6) is 0 Å². The van der Waals surface area contributed by atoms with Crippen LogP contribution in [0, 0.1) is 0 Å². The first-order valence-electron chi connectivity index (χ1n) is 24.9. The molecule has 0 spiro atoms. The van der Waals surface area contributed by atoms with Gasteiger partial charge in [0.1, 0.15) is 31.0 Å². The van der Waals surface area contributed by atoms with Crippen LogP contribution in [-0.4, -0.2) is 93.9 Å². The molecule has 1 aliphatic heterocycles. The average Bonchev–Trinajstić information content (AvgIpc) is 3.24. The van der Waals surface area contributed by atoms with Crippen LogP contribution in [0.2, 0.25) is 0 Å². The van der Waals surface area contributed by atoms with Crippen molar-refractivity contribution in [2.45, 2.75) is 269 Å². The average molecular weight is 895 g/mol. The number of carbonyl (C=O) groups excluding carboxylic acids is 2. The van der Waals surface area contributed by atoms with Gasteiger partial charge in [-0.2, -0.15) is 0 Å². The molecule has 1 heterocycles. The summed E-state index contributed by atoms with van der Waals surface area (Å²) >= 11 is 0. The molecule has 0 radical (unpaired) electrons. The van der Waals surface area contributed by atoms with Crippen LogP contribution in [0.15, 0.2) is 0 Å². The fraction of sp³-hybridized carbons (Fsp3) is 0.957. The van der Waals surface area contributed by atoms with E-state index in [0.717, 1.165) is 38.5 Å². The Hall–Kier alpha value is -1.15. The second kappa shape index (κ2) is 39.2. The van der Waals surface area contributed by atoms with Crippen molar-refractivity contribution < 1.29 is 62.7 Å². The summed E-state index contributed by atoms with van der Waals surface area (Å²) in [5.41, 5.74) is 0. The number of aliphatic hydroxyl groups is 4. The van der Waals surface area contributed by atoms with Crippen molar-refractivity contribution in [3.05, 3.63) is 0 Å². The van der Waals surface area contributed by atoms with Crippen molar-refractivity contribution in [3.8, 4) is 0 Å². The summed E-state index contributed by atoms with van der Waals surface area (Å²) in [6.07, 6.45) is 29.3. The molecule has 1 unspecified atom stereocenters. The van der Waals surface area contributed by atoms with Gasteiger partial charge in [0.25, 0.3) is 0 Å². The highest BCUT2D eigenvalue weighted by Crippen LogP contribution is 2.46. The highest BCUT2D eigenvalue weighted by atomic mass is 31.2. The molecule has 1 saturated heterocycles. The lowest BCUT2D eigenvalue weighted by Crippen LogP contribution is -2.58. The van der Waals surface area contributed by atoms with Gasteiger partial charge in [0.2, 0.25) is 0 Å². The first kappa shape index (κ1) is 57.9. The van der Waals surface area contributed by atoms with E-state index in [1.807, 2.05) is 0 Å². The summed E-state index contributed by atoms with van der Waals surface area (Å²) in [5.74, 6) is -1.04. The van der Waals surface area contributed by atoms with Crippen molar-refractivity contribution in [3.63, 3.8) is 0 Å². The molecule has 5 N–H and O–H groups in total. The van der Waals surface area contributed by atoms with Crippen molar-refractivity contribution in [2.24, 2.45) is 0 Å². The molecule has 1 fully saturated rings. The van der Waals surface area contributed by atoms with Gasteiger partial charge in [-0.25, -0.2) is 4.57 Å². The third-order valence-electron chi connectivity index (χ3n) is 11.7. The minimum Gasteiger partial charge on any atom is -0.462 e. The molecule has 1 aliphatic rings. The zero-order valence-electron chi connectivity index (χ0n) is 38.6. The van der Waals surface area contributed by atoms with E-state index in [4.69, 9.17) is 23.3 Å². The zero-order chi connectivity index (χ0) is 44.8. The van der Waals surface area contributed by atoms with Crippen molar-refractivity contribution in [1.82, 2.24) is 0 Å². The number of phosphoric ester groups is 1. The molecule has 0 aliphatic carbocycles. The van der Waals surface area contributed by atoms with Gasteiger partial charge in [0.05, 0.1) is 13.2 Å². The van der Waals surface area contributed by atoms with Gasteiger partial charge in [0, 0.05) is 12.8 Å². The number of unbranched alkanes of at least 4 members (excludes halogenated alkanes) is 30. The van der Waals surface area contributed by atoms with E-state index in [0.29, 0.717) is 12.8 Å². The quantitative estimate of drug-likeness (QED) is 0.0220. The predicted octanol–water partition coefficient (Wildman–Crippen LogP) is 10.7. The number of hydrogen-bond acceptors (Lipinski definition) is 12. The lowest BCUT2D eigenvalue weighted by molar-refractivity contribution is -0.281. The number of phosphoric acid groups is 1. The highest BCUT2D eigenvalue weighted by molar-refractivity contribution is 7.47. The lowest BCUT2D eigenvalue weighted by atomic mass is 10.00. The Morgan fingerprint density at radius 3 is 1.26 bits per heavy atom. The molecule has 0 aromatic rings. The Kier molecular flexibility index (Phi) is 37.2. The van der Waals surface area contributed by atoms with Crippen molar-refractivity contribution in [2.75, 3.05) is 19.8 Å². The van der Waals surface area contributed by atoms with Gasteiger partial charge in [0.15, 0.2) is 12.4 Å². The van der Waals surface area contributed by atoms with Crippen LogP contribution in [0.3, 0.4) is 0 Å². The SMILES string of the molecule is CCCCCCCCCCCCCCCCCCCC(=O)O[C@@H](COC(=O)CCCCCCCCCCCCCCCCC)COP(=O)(O)O[C@@H]1O[C@H](CO)[C@@H](O)[C@H](O)[C@H]1O. The number of hydrogen-bond donors (Lipinski definition) is 5. The summed E-state index contributed by atoms with van der Waals surface area (Å²) in [6, 6.07) is 0. The van der Waals surface area contributed by atoms with E-state index >= 15 is 0 Å². The molecule has 61 heavy (non-hydrogen) atoms. The number of rotatable bonds is 43. The summed E-state index contributed by atoms with van der Waals surface area (Å²) < 4.78 is 38.8. The standard InChI is InChI=1S/C47H91O13P/c1-3-5-7-9-11-13-15-17-19-20-22-24-26-28-30-32-34-36-43(50)58-40(39-57-61(54,55)60-47-46(53)45(52)44(51)41(37-48)59-47)38-56-42(49)35-33-31-29-27-25-23-21-18-16-14-12-10-8-6-4-2/h40-41,44-48,51-53H,3-39H2,1-2H3,(H,54,55)/t40-,41+,44+,45-,46+,47-/m0/s1. The summed E-state index contributed by atoms with van der Waals surface area (Å²) in [7, 11) is -5.02. The fourth-order valence-electron chi connectivity index (χ4n) is 7.75. The maximum Gasteiger partial charge on any atom is 0.474 e. The van der Waals surface area contributed by atoms with E-state index in [2.05, 4.69) is 13.8 Å². The van der Waals surface area contributed by atoms with E-state index in [9.17, 15) is 39.5 Å². The molecular formula is C47H91O13P. The van der Waals surface area contributed by atoms with E-state index in [1.165, 1.54) is 154 Å². The minimum atomic E-state index is -5.02. The molecule has 362 valence electrons. The van der Waals surface area contributed by atoms with Crippen LogP contribution in [0.25, 0.3) is 0 Å². The van der Waals surface area contributed by atoms with Gasteiger partial charge in [-0.05, 0) is 12.8 Å². The Balaban J connectivity index is 2.39. The molecule has 0 aromatic heterocycles. The molecule has 1 rings (SSSR count). The fourth-order valence-corrected chi connectivity index (χ4v) is 8.60. The molecule has 13 nitrogen and oxygen atoms in total. The Morgan fingerprint density at radius 1 is 0.525 bits per heavy atom. The van der Waals surface area contributed by atoms with Crippen LogP contribution in [0.4, 0.5) is 0 Å². The van der Waals surface area contributed by atoms with Crippen molar-refractivity contribution >= 4 is 19.8 Å². The largest absolute Gasteiger partial charge is 0.474 e. The molecule has 0 bridgehead atoms. The molecule has 0 aromatic carbocycles. The van der Waals surface area contributed by atoms with Crippen LogP contribution < -0.4 is 0 Å². The van der Waals surface area contributed by atoms with Crippen molar-refractivity contribution in [1.29, 1.82) is 0 Å². The van der Waals surface area contributed by atoms with E-state index in [1.54, 1.807) is 0 Å². The molecule has 14 heteroatoms.